The zero-order valence-corrected chi connectivity index (χ0v) is 4.93. The van der Waals surface area contributed by atoms with Crippen molar-refractivity contribution in [2.24, 2.45) is 29.1 Å². The molecule has 4 atom stereocenters. The predicted molar refractivity (Wildman–Crippen MR) is 30.2 cm³/mol. The van der Waals surface area contributed by atoms with E-state index in [1.165, 1.54) is 23.7 Å². The van der Waals surface area contributed by atoms with Crippen molar-refractivity contribution >= 4 is 0 Å². The molecule has 4 rings (SSSR count). The highest BCUT2D eigenvalue weighted by molar-refractivity contribution is 5.40. The minimum Gasteiger partial charge on any atom is -0.0493 e. The van der Waals surface area contributed by atoms with Crippen LogP contribution in [0.1, 0.15) is 19.3 Å². The van der Waals surface area contributed by atoms with E-state index in [0.29, 0.717) is 0 Å². The van der Waals surface area contributed by atoms with Crippen LogP contribution in [0, 0.1) is 29.1 Å². The predicted octanol–water partition coefficient (Wildman–Crippen LogP) is 1.66. The van der Waals surface area contributed by atoms with E-state index in [1.807, 2.05) is 0 Å². The summed E-state index contributed by atoms with van der Waals surface area (Å²) in [5.74, 6) is 5.12. The highest BCUT2D eigenvalue weighted by Gasteiger charge is 2.93. The molecule has 4 saturated carbocycles. The second kappa shape index (κ2) is 0.571. The summed E-state index contributed by atoms with van der Waals surface area (Å²) in [4.78, 5) is 0. The van der Waals surface area contributed by atoms with Gasteiger partial charge in [0.2, 0.25) is 0 Å². The molecule has 0 aromatic rings. The normalized spacial score (nSPS) is 87.0. The fraction of sp³-hybridized carbons (Fsp3) is 1.00. The van der Waals surface area contributed by atoms with Gasteiger partial charge in [-0.2, -0.15) is 0 Å². The summed E-state index contributed by atoms with van der Waals surface area (Å²) >= 11 is 0. The fourth-order valence-electron chi connectivity index (χ4n) is 4.39. The Kier molecular flexibility index (Phi) is 0.231. The Hall–Kier alpha value is 0. The molecule has 0 bridgehead atoms. The molecule has 4 aliphatic rings. The largest absolute Gasteiger partial charge is 0.0493 e. The molecule has 1 spiro atoms. The summed E-state index contributed by atoms with van der Waals surface area (Å²) < 4.78 is 0. The van der Waals surface area contributed by atoms with Gasteiger partial charge in [0.25, 0.3) is 0 Å². The van der Waals surface area contributed by atoms with Gasteiger partial charge < -0.3 is 0 Å². The summed E-state index contributed by atoms with van der Waals surface area (Å²) in [6.07, 6.45) is 4.88. The highest BCUT2D eigenvalue weighted by atomic mass is 15.0. The monoisotopic (exact) mass is 106 g/mol. The molecule has 42 valence electrons. The maximum atomic E-state index is 1.65. The third-order valence-corrected chi connectivity index (χ3v) is 4.62. The van der Waals surface area contributed by atoms with Crippen molar-refractivity contribution < 1.29 is 0 Å². The molecule has 0 aromatic heterocycles. The summed E-state index contributed by atoms with van der Waals surface area (Å²) in [6.45, 7) is 0. The molecule has 0 heterocycles. The van der Waals surface area contributed by atoms with Crippen LogP contribution in [-0.4, -0.2) is 0 Å². The molecule has 0 amide bonds. The second-order valence-corrected chi connectivity index (χ2v) is 4.24. The molecule has 4 fully saturated rings. The molecular formula is C8H10. The van der Waals surface area contributed by atoms with Crippen molar-refractivity contribution in [3.05, 3.63) is 0 Å². The third kappa shape index (κ3) is 0.110. The lowest BCUT2D eigenvalue weighted by Gasteiger charge is -2.03. The lowest BCUT2D eigenvalue weighted by Crippen LogP contribution is -1.96. The summed E-state index contributed by atoms with van der Waals surface area (Å²) in [5, 5.41) is 0. The Bertz CT molecular complexity index is 162. The zero-order chi connectivity index (χ0) is 4.93. The van der Waals surface area contributed by atoms with Crippen LogP contribution in [0.3, 0.4) is 0 Å². The smallest absolute Gasteiger partial charge is 0.0173 e. The van der Waals surface area contributed by atoms with Crippen LogP contribution >= 0.6 is 0 Å². The average Bonchev–Trinajstić information content (AvgIpc) is 2.38. The van der Waals surface area contributed by atoms with Gasteiger partial charge in [-0.25, -0.2) is 0 Å². The van der Waals surface area contributed by atoms with Crippen LogP contribution in [0.25, 0.3) is 0 Å². The Morgan fingerprint density at radius 2 is 1.50 bits per heavy atom. The highest BCUT2D eigenvalue weighted by Crippen LogP contribution is 2.98. The van der Waals surface area contributed by atoms with E-state index < -0.39 is 0 Å². The molecule has 4 aliphatic carbocycles. The molecule has 0 heteroatoms. The molecule has 0 N–H and O–H groups in total. The SMILES string of the molecule is C1CC2C3CC4C1C243. The second-order valence-electron chi connectivity index (χ2n) is 4.24. The van der Waals surface area contributed by atoms with Gasteiger partial charge in [0.1, 0.15) is 0 Å². The summed E-state index contributed by atoms with van der Waals surface area (Å²) in [6, 6.07) is 0. The van der Waals surface area contributed by atoms with Crippen LogP contribution in [0.2, 0.25) is 0 Å². The molecule has 0 radical (unpaired) electrons. The van der Waals surface area contributed by atoms with Crippen molar-refractivity contribution in [2.45, 2.75) is 19.3 Å². The topological polar surface area (TPSA) is 0 Å². The van der Waals surface area contributed by atoms with E-state index in [4.69, 9.17) is 0 Å². The minimum atomic E-state index is 1.08. The maximum absolute atomic E-state index is 1.65. The van der Waals surface area contributed by atoms with E-state index in [9.17, 15) is 0 Å². The van der Waals surface area contributed by atoms with Gasteiger partial charge in [0.15, 0.2) is 0 Å². The van der Waals surface area contributed by atoms with Gasteiger partial charge in [0, 0.05) is 0 Å². The Morgan fingerprint density at radius 3 is 1.75 bits per heavy atom. The average molecular weight is 106 g/mol. The quantitative estimate of drug-likeness (QED) is 0.440. The van der Waals surface area contributed by atoms with E-state index >= 15 is 0 Å². The number of hydrogen-bond donors (Lipinski definition) is 0. The van der Waals surface area contributed by atoms with E-state index in [-0.39, 0.29) is 0 Å². The lowest BCUT2D eigenvalue weighted by molar-refractivity contribution is 0.451. The maximum Gasteiger partial charge on any atom is -0.0173 e. The molecular weight excluding hydrogens is 96.1 g/mol. The fourth-order valence-corrected chi connectivity index (χ4v) is 4.39. The first kappa shape index (κ1) is 3.24. The van der Waals surface area contributed by atoms with E-state index in [1.54, 1.807) is 19.3 Å². The van der Waals surface area contributed by atoms with Crippen molar-refractivity contribution in [2.75, 3.05) is 0 Å². The first-order valence-electron chi connectivity index (χ1n) is 3.95. The van der Waals surface area contributed by atoms with Gasteiger partial charge in [0.05, 0.1) is 0 Å². The number of rotatable bonds is 0. The molecule has 0 saturated heterocycles. The van der Waals surface area contributed by atoms with Gasteiger partial charge in [-0.3, -0.25) is 0 Å². The van der Waals surface area contributed by atoms with Crippen molar-refractivity contribution in [1.82, 2.24) is 0 Å². The standard InChI is InChI=1S/C8H10/c1-2-5-7-3-6-4(1)8(5,6)7/h4-7H,1-3H2. The number of hydrogen-bond acceptors (Lipinski definition) is 0. The van der Waals surface area contributed by atoms with Crippen LogP contribution in [0.15, 0.2) is 0 Å². The Labute approximate surface area is 49.3 Å². The van der Waals surface area contributed by atoms with Crippen molar-refractivity contribution in [3.8, 4) is 0 Å². The van der Waals surface area contributed by atoms with Crippen molar-refractivity contribution in [1.29, 1.82) is 0 Å². The van der Waals surface area contributed by atoms with Crippen molar-refractivity contribution in [3.63, 3.8) is 0 Å². The molecule has 0 nitrogen and oxygen atoms in total. The van der Waals surface area contributed by atoms with Gasteiger partial charge >= 0.3 is 0 Å². The summed E-state index contributed by atoms with van der Waals surface area (Å²) in [5.41, 5.74) is 1.08. The zero-order valence-electron chi connectivity index (χ0n) is 4.93. The van der Waals surface area contributed by atoms with Crippen LogP contribution in [-0.2, 0) is 0 Å². The van der Waals surface area contributed by atoms with Gasteiger partial charge in [-0.1, -0.05) is 0 Å². The Morgan fingerprint density at radius 1 is 0.875 bits per heavy atom. The van der Waals surface area contributed by atoms with Crippen LogP contribution in [0.4, 0.5) is 0 Å². The van der Waals surface area contributed by atoms with Gasteiger partial charge in [-0.15, -0.1) is 0 Å². The van der Waals surface area contributed by atoms with E-state index in [2.05, 4.69) is 0 Å². The molecule has 0 aliphatic heterocycles. The molecule has 0 aromatic carbocycles. The lowest BCUT2D eigenvalue weighted by atomic mass is 10.0. The third-order valence-electron chi connectivity index (χ3n) is 4.62. The first-order valence-corrected chi connectivity index (χ1v) is 3.95. The minimum absolute atomic E-state index is 1.08. The first-order chi connectivity index (χ1) is 3.95. The van der Waals surface area contributed by atoms with Gasteiger partial charge in [-0.05, 0) is 48.3 Å². The Balaban J connectivity index is 2.06. The number of fused-ring (bicyclic) bond motifs is 2. The molecule has 4 unspecified atom stereocenters. The van der Waals surface area contributed by atoms with E-state index in [0.717, 1.165) is 5.41 Å². The summed E-state index contributed by atoms with van der Waals surface area (Å²) in [7, 11) is 0. The van der Waals surface area contributed by atoms with Crippen LogP contribution < -0.4 is 0 Å². The molecule has 8 heavy (non-hydrogen) atoms. The van der Waals surface area contributed by atoms with Crippen LogP contribution in [0.5, 0.6) is 0 Å².